The van der Waals surface area contributed by atoms with E-state index in [4.69, 9.17) is 0 Å². The van der Waals surface area contributed by atoms with Gasteiger partial charge in [-0.3, -0.25) is 20.1 Å². The summed E-state index contributed by atoms with van der Waals surface area (Å²) < 4.78 is 0. The maximum absolute atomic E-state index is 10.6. The highest BCUT2D eigenvalue weighted by Crippen LogP contribution is 2.46. The minimum atomic E-state index is -0.563. The lowest BCUT2D eigenvalue weighted by atomic mass is 9.69. The maximum Gasteiger partial charge on any atom is 0.163 e. The van der Waals surface area contributed by atoms with E-state index >= 15 is 0 Å². The zero-order valence-electron chi connectivity index (χ0n) is 17.0. The second-order valence-corrected chi connectivity index (χ2v) is 8.63. The lowest BCUT2D eigenvalue weighted by Gasteiger charge is -2.49. The molecule has 0 bridgehead atoms. The highest BCUT2D eigenvalue weighted by Gasteiger charge is 2.49. The molecule has 1 aliphatic carbocycles. The van der Waals surface area contributed by atoms with Crippen molar-refractivity contribution < 1.29 is 5.11 Å². The van der Waals surface area contributed by atoms with Crippen LogP contribution in [0.25, 0.3) is 0 Å². The van der Waals surface area contributed by atoms with E-state index in [9.17, 15) is 5.11 Å². The summed E-state index contributed by atoms with van der Waals surface area (Å²) >= 11 is 0. The monoisotopic (exact) mass is 380 g/mol. The van der Waals surface area contributed by atoms with Gasteiger partial charge >= 0.3 is 0 Å². The van der Waals surface area contributed by atoms with E-state index in [1.165, 1.54) is 5.56 Å². The van der Waals surface area contributed by atoms with Crippen molar-refractivity contribution in [3.63, 3.8) is 0 Å². The van der Waals surface area contributed by atoms with Gasteiger partial charge in [-0.25, -0.2) is 0 Å². The predicted molar refractivity (Wildman–Crippen MR) is 112 cm³/mol. The van der Waals surface area contributed by atoms with E-state index in [0.717, 1.165) is 50.9 Å². The molecule has 2 aliphatic rings. The number of hydrogen-bond acceptors (Lipinski definition) is 5. The van der Waals surface area contributed by atoms with Gasteiger partial charge in [-0.15, -0.1) is 0 Å². The van der Waals surface area contributed by atoms with Crippen LogP contribution in [0.3, 0.4) is 0 Å². The highest BCUT2D eigenvalue weighted by molar-refractivity contribution is 5.26. The van der Waals surface area contributed by atoms with Crippen LogP contribution < -0.4 is 5.32 Å². The average Bonchev–Trinajstić information content (AvgIpc) is 3.03. The van der Waals surface area contributed by atoms with Crippen molar-refractivity contribution in [3.05, 3.63) is 66.0 Å². The van der Waals surface area contributed by atoms with Crippen molar-refractivity contribution in [1.29, 1.82) is 0 Å². The number of rotatable bonds is 5. The summed E-state index contributed by atoms with van der Waals surface area (Å²) in [7, 11) is 4.39. The Morgan fingerprint density at radius 3 is 2.43 bits per heavy atom. The van der Waals surface area contributed by atoms with Crippen LogP contribution in [0.4, 0.5) is 0 Å². The lowest BCUT2D eigenvalue weighted by molar-refractivity contribution is 0.0174. The van der Waals surface area contributed by atoms with E-state index in [-0.39, 0.29) is 11.1 Å². The molecular weight excluding hydrogens is 348 g/mol. The first kappa shape index (κ1) is 19.5. The van der Waals surface area contributed by atoms with Crippen LogP contribution in [0.2, 0.25) is 0 Å². The van der Waals surface area contributed by atoms with Crippen LogP contribution in [0.15, 0.2) is 54.7 Å². The molecule has 2 N–H and O–H groups in total. The van der Waals surface area contributed by atoms with Crippen molar-refractivity contribution in [3.8, 4) is 0 Å². The summed E-state index contributed by atoms with van der Waals surface area (Å²) in [5.74, 6) is 0. The van der Waals surface area contributed by atoms with E-state index in [0.29, 0.717) is 0 Å². The molecule has 1 saturated heterocycles. The normalized spacial score (nSPS) is 30.9. The van der Waals surface area contributed by atoms with E-state index < -0.39 is 6.35 Å². The van der Waals surface area contributed by atoms with Gasteiger partial charge in [-0.1, -0.05) is 36.4 Å². The van der Waals surface area contributed by atoms with E-state index in [1.54, 1.807) is 0 Å². The molecule has 4 rings (SSSR count). The second kappa shape index (κ2) is 7.91. The summed E-state index contributed by atoms with van der Waals surface area (Å²) in [4.78, 5) is 8.96. The molecule has 5 heteroatoms. The van der Waals surface area contributed by atoms with Crippen molar-refractivity contribution in [2.24, 2.45) is 0 Å². The number of aliphatic hydroxyl groups excluding tert-OH is 1. The quantitative estimate of drug-likeness (QED) is 0.835. The molecule has 1 aromatic heterocycles. The molecule has 2 aromatic rings. The molecule has 150 valence electrons. The summed E-state index contributed by atoms with van der Waals surface area (Å²) in [5, 5.41) is 14.2. The number of nitrogens with one attached hydrogen (secondary N) is 1. The summed E-state index contributed by atoms with van der Waals surface area (Å²) in [5.41, 5.74) is 2.58. The summed E-state index contributed by atoms with van der Waals surface area (Å²) in [6, 6.07) is 16.9. The van der Waals surface area contributed by atoms with Crippen molar-refractivity contribution in [2.75, 3.05) is 27.2 Å². The Balaban J connectivity index is 1.42. The molecule has 0 radical (unpaired) electrons. The number of pyridine rings is 1. The Labute approximate surface area is 168 Å². The van der Waals surface area contributed by atoms with Gasteiger partial charge in [0.2, 0.25) is 0 Å². The molecule has 0 amide bonds. The van der Waals surface area contributed by atoms with Crippen molar-refractivity contribution >= 4 is 0 Å². The fraction of sp³-hybridized carbons (Fsp3) is 0.522. The van der Waals surface area contributed by atoms with Gasteiger partial charge in [0, 0.05) is 42.5 Å². The molecule has 1 aromatic carbocycles. The SMILES string of the molecule is CN(C)C1(c2ccccc2)CCC2(CC1)CN(CCc1ccccn1)C(O)N2. The number of aromatic nitrogens is 1. The lowest BCUT2D eigenvalue weighted by Crippen LogP contribution is -2.54. The summed E-state index contributed by atoms with van der Waals surface area (Å²) in [6.45, 7) is 1.73. The van der Waals surface area contributed by atoms with Gasteiger partial charge in [0.25, 0.3) is 0 Å². The molecular formula is C23H32N4O. The number of hydrogen-bond donors (Lipinski definition) is 2. The molecule has 2 heterocycles. The van der Waals surface area contributed by atoms with Crippen LogP contribution in [-0.2, 0) is 12.0 Å². The molecule has 5 nitrogen and oxygen atoms in total. The molecule has 1 spiro atoms. The van der Waals surface area contributed by atoms with Gasteiger partial charge < -0.3 is 5.11 Å². The van der Waals surface area contributed by atoms with Crippen LogP contribution in [0.1, 0.15) is 36.9 Å². The molecule has 1 atom stereocenters. The van der Waals surface area contributed by atoms with E-state index in [2.05, 4.69) is 70.6 Å². The third-order valence-electron chi connectivity index (χ3n) is 6.87. The van der Waals surface area contributed by atoms with Gasteiger partial charge in [-0.05, 0) is 57.5 Å². The topological polar surface area (TPSA) is 51.6 Å². The van der Waals surface area contributed by atoms with E-state index in [1.807, 2.05) is 18.3 Å². The zero-order valence-corrected chi connectivity index (χ0v) is 17.0. The highest BCUT2D eigenvalue weighted by atomic mass is 16.3. The van der Waals surface area contributed by atoms with Crippen LogP contribution in [0.5, 0.6) is 0 Å². The first-order valence-electron chi connectivity index (χ1n) is 10.4. The Kier molecular flexibility index (Phi) is 5.52. The van der Waals surface area contributed by atoms with Gasteiger partial charge in [0.1, 0.15) is 0 Å². The average molecular weight is 381 g/mol. The maximum atomic E-state index is 10.6. The largest absolute Gasteiger partial charge is 0.365 e. The fourth-order valence-electron chi connectivity index (χ4n) is 5.08. The second-order valence-electron chi connectivity index (χ2n) is 8.63. The minimum Gasteiger partial charge on any atom is -0.365 e. The zero-order chi connectivity index (χ0) is 19.6. The summed E-state index contributed by atoms with van der Waals surface area (Å²) in [6.07, 6.45) is 6.46. The molecule has 1 aliphatic heterocycles. The van der Waals surface area contributed by atoms with Crippen LogP contribution in [0, 0.1) is 0 Å². The third-order valence-corrected chi connectivity index (χ3v) is 6.87. The van der Waals surface area contributed by atoms with Crippen molar-refractivity contribution in [1.82, 2.24) is 20.1 Å². The fourth-order valence-corrected chi connectivity index (χ4v) is 5.08. The molecule has 1 saturated carbocycles. The molecule has 28 heavy (non-hydrogen) atoms. The van der Waals surface area contributed by atoms with Gasteiger partial charge in [0.05, 0.1) is 0 Å². The van der Waals surface area contributed by atoms with Gasteiger partial charge in [-0.2, -0.15) is 0 Å². The number of benzene rings is 1. The van der Waals surface area contributed by atoms with Crippen LogP contribution in [-0.4, -0.2) is 59.0 Å². The Morgan fingerprint density at radius 1 is 1.07 bits per heavy atom. The minimum absolute atomic E-state index is 0.0117. The molecule has 2 fully saturated rings. The van der Waals surface area contributed by atoms with Crippen molar-refractivity contribution in [2.45, 2.75) is 49.5 Å². The number of aliphatic hydroxyl groups is 1. The Bertz CT molecular complexity index is 757. The standard InChI is InChI=1S/C23H32N4O/c1-26(2)23(19-8-4-3-5-9-19)14-12-22(13-15-23)18-27(21(28)25-22)17-11-20-10-6-7-16-24-20/h3-10,16,21,25,28H,11-15,17-18H2,1-2H3. The number of nitrogens with zero attached hydrogens (tertiary/aromatic N) is 3. The Hall–Kier alpha value is -1.79. The smallest absolute Gasteiger partial charge is 0.163 e. The third kappa shape index (κ3) is 3.72. The molecule has 1 unspecified atom stereocenters. The van der Waals surface area contributed by atoms with Crippen LogP contribution >= 0.6 is 0 Å². The van der Waals surface area contributed by atoms with Gasteiger partial charge in [0.15, 0.2) is 6.35 Å². The predicted octanol–water partition coefficient (Wildman–Crippen LogP) is 2.58. The first-order valence-corrected chi connectivity index (χ1v) is 10.4. The Morgan fingerprint density at radius 2 is 1.79 bits per heavy atom. The first-order chi connectivity index (χ1) is 13.5.